The van der Waals surface area contributed by atoms with Gasteiger partial charge in [-0.2, -0.15) is 4.73 Å². The molecule has 7 nitrogen and oxygen atoms in total. The standard InChI is InChI=1S/C7H6N2O5/c1-14-7(10)6-4-5(9(12)13)2-3-8(6)11/h2-4H,1H3. The largest absolute Gasteiger partial charge is 0.618 e. The van der Waals surface area contributed by atoms with Gasteiger partial charge in [-0.3, -0.25) is 10.1 Å². The van der Waals surface area contributed by atoms with Gasteiger partial charge in [0.25, 0.3) is 5.69 Å². The van der Waals surface area contributed by atoms with Crippen LogP contribution in [-0.4, -0.2) is 18.0 Å². The van der Waals surface area contributed by atoms with E-state index in [4.69, 9.17) is 0 Å². The van der Waals surface area contributed by atoms with Crippen LogP contribution in [0.15, 0.2) is 18.3 Å². The molecule has 0 N–H and O–H groups in total. The van der Waals surface area contributed by atoms with Crippen LogP contribution in [0.2, 0.25) is 0 Å². The average Bonchev–Trinajstić information content (AvgIpc) is 2.17. The predicted molar refractivity (Wildman–Crippen MR) is 43.4 cm³/mol. The normalized spacial score (nSPS) is 9.50. The van der Waals surface area contributed by atoms with Gasteiger partial charge in [-0.25, -0.2) is 4.79 Å². The third-order valence-corrected chi connectivity index (χ3v) is 1.51. The Morgan fingerprint density at radius 1 is 1.64 bits per heavy atom. The molecule has 0 atom stereocenters. The molecule has 1 heterocycles. The molecule has 0 unspecified atom stereocenters. The second-order valence-corrected chi connectivity index (χ2v) is 2.34. The summed E-state index contributed by atoms with van der Waals surface area (Å²) in [7, 11) is 1.08. The van der Waals surface area contributed by atoms with Crippen molar-refractivity contribution in [2.45, 2.75) is 0 Å². The van der Waals surface area contributed by atoms with Crippen LogP contribution in [-0.2, 0) is 4.74 Å². The van der Waals surface area contributed by atoms with Gasteiger partial charge >= 0.3 is 11.7 Å². The van der Waals surface area contributed by atoms with E-state index < -0.39 is 16.6 Å². The van der Waals surface area contributed by atoms with Crippen LogP contribution in [0.5, 0.6) is 0 Å². The SMILES string of the molecule is COC(=O)c1cc([N+](=O)[O-])cc[n+]1[O-]. The lowest BCUT2D eigenvalue weighted by molar-refractivity contribution is -0.609. The molecule has 14 heavy (non-hydrogen) atoms. The van der Waals surface area contributed by atoms with Crippen LogP contribution >= 0.6 is 0 Å². The molecule has 0 aliphatic carbocycles. The number of hydrogen-bond donors (Lipinski definition) is 0. The van der Waals surface area contributed by atoms with Gasteiger partial charge in [-0.1, -0.05) is 0 Å². The van der Waals surface area contributed by atoms with Gasteiger partial charge in [-0.05, 0) is 0 Å². The second kappa shape index (κ2) is 3.69. The third-order valence-electron chi connectivity index (χ3n) is 1.51. The first-order valence-corrected chi connectivity index (χ1v) is 3.52. The van der Waals surface area contributed by atoms with E-state index in [1.54, 1.807) is 0 Å². The minimum atomic E-state index is -0.913. The highest BCUT2D eigenvalue weighted by Crippen LogP contribution is 2.09. The fourth-order valence-electron chi connectivity index (χ4n) is 0.843. The molecule has 1 aromatic rings. The van der Waals surface area contributed by atoms with E-state index in [0.717, 1.165) is 25.4 Å². The summed E-state index contributed by atoms with van der Waals surface area (Å²) >= 11 is 0. The number of methoxy groups -OCH3 is 1. The number of pyridine rings is 1. The van der Waals surface area contributed by atoms with Crippen molar-refractivity contribution in [3.8, 4) is 0 Å². The highest BCUT2D eigenvalue weighted by Gasteiger charge is 2.21. The van der Waals surface area contributed by atoms with E-state index in [0.29, 0.717) is 0 Å². The smallest absolute Gasteiger partial charge is 0.405 e. The van der Waals surface area contributed by atoms with Crippen LogP contribution in [0, 0.1) is 15.3 Å². The zero-order valence-corrected chi connectivity index (χ0v) is 7.17. The van der Waals surface area contributed by atoms with E-state index in [1.807, 2.05) is 0 Å². The monoisotopic (exact) mass is 198 g/mol. The number of aromatic nitrogens is 1. The molecule has 1 rings (SSSR count). The van der Waals surface area contributed by atoms with Crippen molar-refractivity contribution < 1.29 is 19.2 Å². The number of hydrogen-bond acceptors (Lipinski definition) is 5. The molecule has 0 saturated carbocycles. The van der Waals surface area contributed by atoms with Crippen LogP contribution < -0.4 is 4.73 Å². The van der Waals surface area contributed by atoms with Crippen LogP contribution in [0.1, 0.15) is 10.5 Å². The van der Waals surface area contributed by atoms with Gasteiger partial charge in [0.05, 0.1) is 24.2 Å². The highest BCUT2D eigenvalue weighted by molar-refractivity contribution is 5.86. The van der Waals surface area contributed by atoms with Crippen LogP contribution in [0.4, 0.5) is 5.69 Å². The highest BCUT2D eigenvalue weighted by atomic mass is 16.6. The zero-order valence-electron chi connectivity index (χ0n) is 7.17. The summed E-state index contributed by atoms with van der Waals surface area (Å²) in [5, 5.41) is 21.3. The van der Waals surface area contributed by atoms with Gasteiger partial charge in [-0.15, -0.1) is 0 Å². The van der Waals surface area contributed by atoms with Crippen molar-refractivity contribution in [3.63, 3.8) is 0 Å². The number of ether oxygens (including phenoxy) is 1. The fourth-order valence-corrected chi connectivity index (χ4v) is 0.843. The van der Waals surface area contributed by atoms with Gasteiger partial charge in [0.1, 0.15) is 0 Å². The van der Waals surface area contributed by atoms with Gasteiger partial charge < -0.3 is 9.94 Å². The Balaban J connectivity index is 3.21. The number of carbonyl (C=O) groups excluding carboxylic acids is 1. The number of nitro groups is 1. The minimum absolute atomic E-state index is 0.207. The molecule has 1 aromatic heterocycles. The van der Waals surface area contributed by atoms with Crippen molar-refractivity contribution in [1.82, 2.24) is 0 Å². The van der Waals surface area contributed by atoms with Crippen molar-refractivity contribution in [2.75, 3.05) is 7.11 Å². The first-order chi connectivity index (χ1) is 6.56. The first kappa shape index (κ1) is 9.90. The summed E-state index contributed by atoms with van der Waals surface area (Å²) in [6, 6.07) is 1.86. The molecule has 0 aliphatic heterocycles. The maximum Gasteiger partial charge on any atom is 0.405 e. The molecule has 7 heteroatoms. The maximum atomic E-state index is 11.0. The number of nitrogens with zero attached hydrogens (tertiary/aromatic N) is 2. The van der Waals surface area contributed by atoms with Gasteiger partial charge in [0.2, 0.25) is 0 Å². The van der Waals surface area contributed by atoms with Gasteiger partial charge in [0.15, 0.2) is 6.20 Å². The maximum absolute atomic E-state index is 11.0. The summed E-state index contributed by atoms with van der Waals surface area (Å²) < 4.78 is 4.48. The Hall–Kier alpha value is -2.18. The lowest BCUT2D eigenvalue weighted by Gasteiger charge is -2.01. The second-order valence-electron chi connectivity index (χ2n) is 2.34. The molecule has 0 radical (unpaired) electrons. The Labute approximate surface area is 78.3 Å². The molecule has 0 aliphatic rings. The molecule has 0 saturated heterocycles. The predicted octanol–water partition coefficient (Wildman–Crippen LogP) is 0.0148. The number of rotatable bonds is 2. The van der Waals surface area contributed by atoms with Crippen molar-refractivity contribution >= 4 is 11.7 Å². The molecule has 0 spiro atoms. The van der Waals surface area contributed by atoms with E-state index in [-0.39, 0.29) is 10.4 Å². The minimum Gasteiger partial charge on any atom is -0.618 e. The summed E-state index contributed by atoms with van der Waals surface area (Å²) in [5.41, 5.74) is -0.751. The Kier molecular flexibility index (Phi) is 2.61. The summed E-state index contributed by atoms with van der Waals surface area (Å²) in [6.45, 7) is 0. The topological polar surface area (TPSA) is 96.4 Å². The summed E-state index contributed by atoms with van der Waals surface area (Å²) in [4.78, 5) is 20.6. The molecule has 0 bridgehead atoms. The quantitative estimate of drug-likeness (QED) is 0.219. The first-order valence-electron chi connectivity index (χ1n) is 3.52. The van der Waals surface area contributed by atoms with E-state index >= 15 is 0 Å². The molecule has 0 aromatic carbocycles. The van der Waals surface area contributed by atoms with Gasteiger partial charge in [0, 0.05) is 0 Å². The van der Waals surface area contributed by atoms with Crippen molar-refractivity contribution in [2.24, 2.45) is 0 Å². The van der Waals surface area contributed by atoms with Crippen LogP contribution in [0.25, 0.3) is 0 Å². The fraction of sp³-hybridized carbons (Fsp3) is 0.143. The number of carbonyl (C=O) groups is 1. The Morgan fingerprint density at radius 2 is 2.29 bits per heavy atom. The lowest BCUT2D eigenvalue weighted by Crippen LogP contribution is -2.34. The third kappa shape index (κ3) is 1.76. The Morgan fingerprint density at radius 3 is 2.79 bits per heavy atom. The molecule has 74 valence electrons. The average molecular weight is 198 g/mol. The van der Waals surface area contributed by atoms with E-state index in [9.17, 15) is 20.1 Å². The molecule has 0 fully saturated rings. The lowest BCUT2D eigenvalue weighted by atomic mass is 10.3. The van der Waals surface area contributed by atoms with Crippen molar-refractivity contribution in [1.29, 1.82) is 0 Å². The molecule has 0 amide bonds. The van der Waals surface area contributed by atoms with E-state index in [1.165, 1.54) is 0 Å². The zero-order chi connectivity index (χ0) is 10.7. The van der Waals surface area contributed by atoms with Crippen LogP contribution in [0.3, 0.4) is 0 Å². The summed E-state index contributed by atoms with van der Waals surface area (Å²) in [5.74, 6) is -0.913. The summed E-state index contributed by atoms with van der Waals surface area (Å²) in [6.07, 6.45) is 0.879. The number of esters is 1. The van der Waals surface area contributed by atoms with Crippen molar-refractivity contribution in [3.05, 3.63) is 39.3 Å². The molecular formula is C7H6N2O5. The Bertz CT molecular complexity index is 390. The molecular weight excluding hydrogens is 192 g/mol. The van der Waals surface area contributed by atoms with E-state index in [2.05, 4.69) is 4.74 Å².